The minimum atomic E-state index is 0.0219. The lowest BCUT2D eigenvalue weighted by Gasteiger charge is -2.29. The molecule has 0 spiro atoms. The summed E-state index contributed by atoms with van der Waals surface area (Å²) in [5.74, 6) is 0.0219. The highest BCUT2D eigenvalue weighted by atomic mass is 32.1. The van der Waals surface area contributed by atoms with Crippen LogP contribution in [0.15, 0.2) is 78.2 Å². The SMILES string of the molecule is O=C(c1cc(-c2cccs2)nn1-c1ccccc1)N1CCc2ccccc2C1. The van der Waals surface area contributed by atoms with E-state index in [1.807, 2.05) is 64.9 Å². The first kappa shape index (κ1) is 17.0. The molecule has 0 saturated heterocycles. The van der Waals surface area contributed by atoms with Crippen molar-refractivity contribution in [1.82, 2.24) is 14.7 Å². The normalized spacial score (nSPS) is 13.4. The van der Waals surface area contributed by atoms with Gasteiger partial charge in [-0.2, -0.15) is 5.10 Å². The summed E-state index contributed by atoms with van der Waals surface area (Å²) in [6.45, 7) is 1.37. The van der Waals surface area contributed by atoms with Crippen LogP contribution in [0.1, 0.15) is 21.6 Å². The Kier molecular flexibility index (Phi) is 4.29. The van der Waals surface area contributed by atoms with Gasteiger partial charge in [0, 0.05) is 13.1 Å². The molecule has 0 bridgehead atoms. The average Bonchev–Trinajstić information content (AvgIpc) is 3.43. The largest absolute Gasteiger partial charge is 0.333 e. The van der Waals surface area contributed by atoms with Gasteiger partial charge in [0.2, 0.25) is 0 Å². The summed E-state index contributed by atoms with van der Waals surface area (Å²) in [6.07, 6.45) is 0.888. The van der Waals surface area contributed by atoms with Crippen LogP contribution < -0.4 is 0 Å². The van der Waals surface area contributed by atoms with Crippen molar-refractivity contribution in [3.8, 4) is 16.3 Å². The number of hydrogen-bond acceptors (Lipinski definition) is 3. The van der Waals surface area contributed by atoms with Crippen LogP contribution in [0.3, 0.4) is 0 Å². The topological polar surface area (TPSA) is 38.1 Å². The summed E-state index contributed by atoms with van der Waals surface area (Å²) >= 11 is 1.63. The van der Waals surface area contributed by atoms with Crippen molar-refractivity contribution in [3.63, 3.8) is 0 Å². The Morgan fingerprint density at radius 1 is 0.929 bits per heavy atom. The number of thiophene rings is 1. The molecule has 0 atom stereocenters. The molecule has 2 aromatic carbocycles. The summed E-state index contributed by atoms with van der Waals surface area (Å²) in [5.41, 5.74) is 4.90. The van der Waals surface area contributed by atoms with E-state index in [0.717, 1.165) is 29.2 Å². The molecule has 0 N–H and O–H groups in total. The van der Waals surface area contributed by atoms with Crippen LogP contribution in [-0.4, -0.2) is 27.1 Å². The lowest BCUT2D eigenvalue weighted by molar-refractivity contribution is 0.0725. The number of hydrogen-bond donors (Lipinski definition) is 0. The monoisotopic (exact) mass is 385 g/mol. The van der Waals surface area contributed by atoms with Gasteiger partial charge in [0.15, 0.2) is 0 Å². The van der Waals surface area contributed by atoms with Gasteiger partial charge in [0.1, 0.15) is 11.4 Å². The fourth-order valence-corrected chi connectivity index (χ4v) is 4.36. The molecule has 4 aromatic rings. The summed E-state index contributed by atoms with van der Waals surface area (Å²) in [4.78, 5) is 16.4. The minimum absolute atomic E-state index is 0.0219. The second-order valence-electron chi connectivity index (χ2n) is 6.88. The Bertz CT molecular complexity index is 1120. The number of nitrogens with zero attached hydrogens (tertiary/aromatic N) is 3. The van der Waals surface area contributed by atoms with Crippen LogP contribution in [-0.2, 0) is 13.0 Å². The van der Waals surface area contributed by atoms with Crippen LogP contribution in [0.4, 0.5) is 0 Å². The van der Waals surface area contributed by atoms with E-state index in [0.29, 0.717) is 12.2 Å². The van der Waals surface area contributed by atoms with Crippen molar-refractivity contribution < 1.29 is 4.79 Å². The van der Waals surface area contributed by atoms with E-state index in [-0.39, 0.29) is 5.91 Å². The van der Waals surface area contributed by atoms with Crippen LogP contribution in [0.5, 0.6) is 0 Å². The Hall–Kier alpha value is -3.18. The number of para-hydroxylation sites is 1. The number of amides is 1. The number of benzene rings is 2. The molecule has 3 heterocycles. The van der Waals surface area contributed by atoms with E-state index in [4.69, 9.17) is 5.10 Å². The van der Waals surface area contributed by atoms with Crippen molar-refractivity contribution in [2.45, 2.75) is 13.0 Å². The number of rotatable bonds is 3. The molecule has 0 unspecified atom stereocenters. The maximum Gasteiger partial charge on any atom is 0.272 e. The molecule has 1 aliphatic heterocycles. The van der Waals surface area contributed by atoms with E-state index >= 15 is 0 Å². The van der Waals surface area contributed by atoms with E-state index in [2.05, 4.69) is 18.2 Å². The van der Waals surface area contributed by atoms with E-state index in [1.54, 1.807) is 16.0 Å². The number of carbonyl (C=O) groups excluding carboxylic acids is 1. The zero-order chi connectivity index (χ0) is 18.9. The quantitative estimate of drug-likeness (QED) is 0.508. The summed E-state index contributed by atoms with van der Waals surface area (Å²) in [7, 11) is 0. The van der Waals surface area contributed by atoms with Gasteiger partial charge in [-0.15, -0.1) is 11.3 Å². The molecule has 2 aromatic heterocycles. The van der Waals surface area contributed by atoms with E-state index in [1.165, 1.54) is 11.1 Å². The Labute approximate surface area is 167 Å². The Balaban J connectivity index is 1.54. The van der Waals surface area contributed by atoms with E-state index in [9.17, 15) is 4.79 Å². The van der Waals surface area contributed by atoms with Crippen molar-refractivity contribution in [2.24, 2.45) is 0 Å². The average molecular weight is 385 g/mol. The van der Waals surface area contributed by atoms with Gasteiger partial charge in [-0.05, 0) is 47.2 Å². The molecule has 4 nitrogen and oxygen atoms in total. The number of aromatic nitrogens is 2. The van der Waals surface area contributed by atoms with Gasteiger partial charge in [0.05, 0.1) is 10.6 Å². The van der Waals surface area contributed by atoms with E-state index < -0.39 is 0 Å². The Morgan fingerprint density at radius 3 is 2.50 bits per heavy atom. The summed E-state index contributed by atoms with van der Waals surface area (Å²) < 4.78 is 1.78. The Morgan fingerprint density at radius 2 is 1.71 bits per heavy atom. The zero-order valence-electron chi connectivity index (χ0n) is 15.3. The molecule has 0 fully saturated rings. The molecule has 1 aliphatic rings. The maximum atomic E-state index is 13.5. The van der Waals surface area contributed by atoms with Crippen molar-refractivity contribution in [3.05, 3.63) is 95.0 Å². The number of fused-ring (bicyclic) bond motifs is 1. The highest BCUT2D eigenvalue weighted by Gasteiger charge is 2.26. The zero-order valence-corrected chi connectivity index (χ0v) is 16.1. The minimum Gasteiger partial charge on any atom is -0.333 e. The third-order valence-electron chi connectivity index (χ3n) is 5.12. The van der Waals surface area contributed by atoms with Gasteiger partial charge in [-0.25, -0.2) is 4.68 Å². The maximum absolute atomic E-state index is 13.5. The van der Waals surface area contributed by atoms with Gasteiger partial charge >= 0.3 is 0 Å². The smallest absolute Gasteiger partial charge is 0.272 e. The predicted octanol–water partition coefficient (Wildman–Crippen LogP) is 4.80. The highest BCUT2D eigenvalue weighted by molar-refractivity contribution is 7.13. The third-order valence-corrected chi connectivity index (χ3v) is 6.01. The highest BCUT2D eigenvalue weighted by Crippen LogP contribution is 2.27. The number of carbonyl (C=O) groups is 1. The van der Waals surface area contributed by atoms with Gasteiger partial charge in [-0.1, -0.05) is 48.5 Å². The molecule has 5 rings (SSSR count). The lowest BCUT2D eigenvalue weighted by Crippen LogP contribution is -2.36. The molecule has 1 amide bonds. The molecule has 0 radical (unpaired) electrons. The predicted molar refractivity (Wildman–Crippen MR) is 112 cm³/mol. The summed E-state index contributed by atoms with van der Waals surface area (Å²) in [5, 5.41) is 6.79. The third kappa shape index (κ3) is 3.04. The van der Waals surface area contributed by atoms with Crippen molar-refractivity contribution >= 4 is 17.2 Å². The van der Waals surface area contributed by atoms with Gasteiger partial charge in [0.25, 0.3) is 5.91 Å². The molecular weight excluding hydrogens is 366 g/mol. The molecular formula is C23H19N3OS. The first-order valence-electron chi connectivity index (χ1n) is 9.35. The van der Waals surface area contributed by atoms with Gasteiger partial charge < -0.3 is 4.90 Å². The fourth-order valence-electron chi connectivity index (χ4n) is 3.68. The summed E-state index contributed by atoms with van der Waals surface area (Å²) in [6, 6.07) is 24.2. The molecule has 138 valence electrons. The molecule has 5 heteroatoms. The van der Waals surface area contributed by atoms with Crippen LogP contribution in [0.2, 0.25) is 0 Å². The van der Waals surface area contributed by atoms with Crippen molar-refractivity contribution in [2.75, 3.05) is 6.54 Å². The van der Waals surface area contributed by atoms with Crippen molar-refractivity contribution in [1.29, 1.82) is 0 Å². The molecule has 0 saturated carbocycles. The van der Waals surface area contributed by atoms with Crippen LogP contribution in [0, 0.1) is 0 Å². The lowest BCUT2D eigenvalue weighted by atomic mass is 10.00. The van der Waals surface area contributed by atoms with Crippen LogP contribution in [0.25, 0.3) is 16.3 Å². The van der Waals surface area contributed by atoms with Gasteiger partial charge in [-0.3, -0.25) is 4.79 Å². The molecule has 0 aliphatic carbocycles. The fraction of sp³-hybridized carbons (Fsp3) is 0.130. The second-order valence-corrected chi connectivity index (χ2v) is 7.83. The standard InChI is InChI=1S/C23H19N3OS/c27-23(25-13-12-17-7-4-5-8-18(17)16-25)21-15-20(22-11-6-14-28-22)24-26(21)19-9-2-1-3-10-19/h1-11,14-15H,12-13,16H2. The first-order valence-corrected chi connectivity index (χ1v) is 10.2. The molecule has 28 heavy (non-hydrogen) atoms. The van der Waals surface area contributed by atoms with Crippen LogP contribution >= 0.6 is 11.3 Å². The second kappa shape index (κ2) is 7.09. The first-order chi connectivity index (χ1) is 13.8.